The van der Waals surface area contributed by atoms with E-state index in [1.54, 1.807) is 10.7 Å². The van der Waals surface area contributed by atoms with Crippen LogP contribution in [0, 0.1) is 0 Å². The van der Waals surface area contributed by atoms with Crippen molar-refractivity contribution in [3.05, 3.63) is 17.5 Å². The number of nitrogens with zero attached hydrogens (tertiary/aromatic N) is 3. The van der Waals surface area contributed by atoms with Crippen LogP contribution < -0.4 is 0 Å². The molecule has 0 unspecified atom stereocenters. The van der Waals surface area contributed by atoms with Gasteiger partial charge in [-0.15, -0.1) is 0 Å². The van der Waals surface area contributed by atoms with E-state index in [4.69, 9.17) is 5.11 Å². The molecule has 1 saturated heterocycles. The lowest BCUT2D eigenvalue weighted by Gasteiger charge is -2.25. The van der Waals surface area contributed by atoms with E-state index in [9.17, 15) is 4.79 Å². The quantitative estimate of drug-likeness (QED) is 0.864. The first kappa shape index (κ1) is 12.1. The van der Waals surface area contributed by atoms with Crippen molar-refractivity contribution in [2.24, 2.45) is 0 Å². The van der Waals surface area contributed by atoms with E-state index in [0.29, 0.717) is 12.2 Å². The third kappa shape index (κ3) is 2.85. The molecule has 5 heteroatoms. The highest BCUT2D eigenvalue weighted by atomic mass is 16.4. The van der Waals surface area contributed by atoms with Crippen molar-refractivity contribution in [1.29, 1.82) is 0 Å². The standard InChI is InChI=1S/C12H19N3O2/c1-2-15-11(12(16)17)8-10(13-15)9-14-6-4-3-5-7-14/h8H,2-7,9H2,1H3,(H,16,17). The Morgan fingerprint density at radius 2 is 2.12 bits per heavy atom. The van der Waals surface area contributed by atoms with E-state index < -0.39 is 5.97 Å². The lowest BCUT2D eigenvalue weighted by molar-refractivity contribution is 0.0683. The molecule has 5 nitrogen and oxygen atoms in total. The van der Waals surface area contributed by atoms with Crippen molar-refractivity contribution < 1.29 is 9.90 Å². The summed E-state index contributed by atoms with van der Waals surface area (Å²) in [5.41, 5.74) is 1.16. The fourth-order valence-electron chi connectivity index (χ4n) is 2.31. The number of hydrogen-bond acceptors (Lipinski definition) is 3. The minimum Gasteiger partial charge on any atom is -0.477 e. The van der Waals surface area contributed by atoms with E-state index in [2.05, 4.69) is 10.00 Å². The van der Waals surface area contributed by atoms with Crippen LogP contribution in [-0.4, -0.2) is 38.8 Å². The van der Waals surface area contributed by atoms with Gasteiger partial charge in [-0.25, -0.2) is 4.79 Å². The molecule has 0 spiro atoms. The maximum Gasteiger partial charge on any atom is 0.354 e. The van der Waals surface area contributed by atoms with Crippen LogP contribution in [0.25, 0.3) is 0 Å². The number of aromatic nitrogens is 2. The summed E-state index contributed by atoms with van der Waals surface area (Å²) in [6, 6.07) is 1.69. The molecule has 94 valence electrons. The predicted molar refractivity (Wildman–Crippen MR) is 64.0 cm³/mol. The van der Waals surface area contributed by atoms with Crippen LogP contribution in [0.3, 0.4) is 0 Å². The third-order valence-electron chi connectivity index (χ3n) is 3.18. The fourth-order valence-corrected chi connectivity index (χ4v) is 2.31. The molecule has 2 rings (SSSR count). The summed E-state index contributed by atoms with van der Waals surface area (Å²) in [4.78, 5) is 13.4. The zero-order valence-corrected chi connectivity index (χ0v) is 10.2. The molecule has 1 fully saturated rings. The molecule has 0 bridgehead atoms. The summed E-state index contributed by atoms with van der Waals surface area (Å²) < 4.78 is 1.56. The highest BCUT2D eigenvalue weighted by Gasteiger charge is 2.16. The zero-order valence-electron chi connectivity index (χ0n) is 10.2. The number of piperidine rings is 1. The van der Waals surface area contributed by atoms with E-state index in [0.717, 1.165) is 25.3 Å². The van der Waals surface area contributed by atoms with Gasteiger partial charge in [0.05, 0.1) is 5.69 Å². The highest BCUT2D eigenvalue weighted by molar-refractivity contribution is 5.85. The number of carboxylic acid groups (broad SMARTS) is 1. The van der Waals surface area contributed by atoms with Crippen LogP contribution in [0.15, 0.2) is 6.07 Å². The summed E-state index contributed by atoms with van der Waals surface area (Å²) in [5.74, 6) is -0.899. The van der Waals surface area contributed by atoms with Gasteiger partial charge in [0.1, 0.15) is 5.69 Å². The first-order valence-corrected chi connectivity index (χ1v) is 6.23. The smallest absolute Gasteiger partial charge is 0.354 e. The van der Waals surface area contributed by atoms with Crippen molar-refractivity contribution in [2.75, 3.05) is 13.1 Å². The summed E-state index contributed by atoms with van der Waals surface area (Å²) in [5, 5.41) is 13.4. The molecule has 0 atom stereocenters. The van der Waals surface area contributed by atoms with Gasteiger partial charge in [-0.05, 0) is 38.9 Å². The summed E-state index contributed by atoms with van der Waals surface area (Å²) in [6.07, 6.45) is 3.78. The second-order valence-electron chi connectivity index (χ2n) is 4.48. The van der Waals surface area contributed by atoms with Crippen molar-refractivity contribution in [3.8, 4) is 0 Å². The average Bonchev–Trinajstić information content (AvgIpc) is 2.73. The maximum absolute atomic E-state index is 11.0. The average molecular weight is 237 g/mol. The highest BCUT2D eigenvalue weighted by Crippen LogP contribution is 2.13. The van der Waals surface area contributed by atoms with E-state index in [1.165, 1.54) is 19.3 Å². The minimum absolute atomic E-state index is 0.291. The van der Waals surface area contributed by atoms with Gasteiger partial charge in [-0.1, -0.05) is 6.42 Å². The van der Waals surface area contributed by atoms with Crippen LogP contribution in [0.5, 0.6) is 0 Å². The van der Waals surface area contributed by atoms with Crippen molar-refractivity contribution in [2.45, 2.75) is 39.3 Å². The minimum atomic E-state index is -0.899. The van der Waals surface area contributed by atoms with Gasteiger partial charge in [0.2, 0.25) is 0 Å². The van der Waals surface area contributed by atoms with Crippen LogP contribution >= 0.6 is 0 Å². The Morgan fingerprint density at radius 1 is 1.41 bits per heavy atom. The molecule has 1 aliphatic heterocycles. The van der Waals surface area contributed by atoms with Gasteiger partial charge in [0.15, 0.2) is 0 Å². The predicted octanol–water partition coefficient (Wildman–Crippen LogP) is 1.59. The normalized spacial score (nSPS) is 17.2. The molecule has 2 heterocycles. The molecule has 1 aromatic heterocycles. The molecule has 17 heavy (non-hydrogen) atoms. The van der Waals surface area contributed by atoms with Crippen LogP contribution in [-0.2, 0) is 13.1 Å². The number of hydrogen-bond donors (Lipinski definition) is 1. The Bertz CT molecular complexity index is 394. The Labute approximate surface area is 101 Å². The second-order valence-corrected chi connectivity index (χ2v) is 4.48. The van der Waals surface area contributed by atoms with Crippen molar-refractivity contribution in [3.63, 3.8) is 0 Å². The van der Waals surface area contributed by atoms with Gasteiger partial charge < -0.3 is 5.11 Å². The molecule has 0 amide bonds. The molecule has 0 saturated carbocycles. The van der Waals surface area contributed by atoms with Crippen LogP contribution in [0.2, 0.25) is 0 Å². The van der Waals surface area contributed by atoms with Gasteiger partial charge in [-0.2, -0.15) is 5.10 Å². The van der Waals surface area contributed by atoms with Gasteiger partial charge in [0, 0.05) is 13.1 Å². The summed E-state index contributed by atoms with van der Waals surface area (Å²) >= 11 is 0. The number of likely N-dealkylation sites (tertiary alicyclic amines) is 1. The van der Waals surface area contributed by atoms with E-state index in [1.807, 2.05) is 6.92 Å². The molecule has 1 aliphatic rings. The maximum atomic E-state index is 11.0. The molecule has 0 aliphatic carbocycles. The van der Waals surface area contributed by atoms with E-state index in [-0.39, 0.29) is 0 Å². The lowest BCUT2D eigenvalue weighted by Crippen LogP contribution is -2.29. The topological polar surface area (TPSA) is 58.4 Å². The molecule has 1 N–H and O–H groups in total. The Hall–Kier alpha value is -1.36. The van der Waals surface area contributed by atoms with Gasteiger partial charge in [0.25, 0.3) is 0 Å². The van der Waals surface area contributed by atoms with Gasteiger partial charge >= 0.3 is 5.97 Å². The molecule has 1 aromatic rings. The molecular formula is C12H19N3O2. The van der Waals surface area contributed by atoms with Gasteiger partial charge in [-0.3, -0.25) is 9.58 Å². The van der Waals surface area contributed by atoms with Crippen LogP contribution in [0.4, 0.5) is 0 Å². The monoisotopic (exact) mass is 237 g/mol. The SMILES string of the molecule is CCn1nc(CN2CCCCC2)cc1C(=O)O. The number of aryl methyl sites for hydroxylation is 1. The third-order valence-corrected chi connectivity index (χ3v) is 3.18. The Balaban J connectivity index is 2.07. The largest absolute Gasteiger partial charge is 0.477 e. The first-order valence-electron chi connectivity index (χ1n) is 6.23. The summed E-state index contributed by atoms with van der Waals surface area (Å²) in [6.45, 7) is 5.47. The van der Waals surface area contributed by atoms with Crippen molar-refractivity contribution in [1.82, 2.24) is 14.7 Å². The summed E-state index contributed by atoms with van der Waals surface area (Å²) in [7, 11) is 0. The number of aromatic carboxylic acids is 1. The molecule has 0 aromatic carbocycles. The van der Waals surface area contributed by atoms with Crippen molar-refractivity contribution >= 4 is 5.97 Å². The second kappa shape index (κ2) is 5.31. The molecular weight excluding hydrogens is 218 g/mol. The van der Waals surface area contributed by atoms with Crippen LogP contribution in [0.1, 0.15) is 42.4 Å². The fraction of sp³-hybridized carbons (Fsp3) is 0.667. The number of carbonyl (C=O) groups is 1. The number of carboxylic acids is 1. The van der Waals surface area contributed by atoms with E-state index >= 15 is 0 Å². The molecule has 0 radical (unpaired) electrons. The Kier molecular flexibility index (Phi) is 3.78. The zero-order chi connectivity index (χ0) is 12.3. The number of rotatable bonds is 4. The lowest BCUT2D eigenvalue weighted by atomic mass is 10.1. The first-order chi connectivity index (χ1) is 8.20. The Morgan fingerprint density at radius 3 is 2.65 bits per heavy atom.